The first kappa shape index (κ1) is 12.5. The van der Waals surface area contributed by atoms with Crippen molar-refractivity contribution in [1.82, 2.24) is 9.55 Å². The number of nitrogens with one attached hydrogen (secondary N) is 1. The summed E-state index contributed by atoms with van der Waals surface area (Å²) in [6, 6.07) is 5.37. The van der Waals surface area contributed by atoms with Crippen LogP contribution in [0.4, 0.5) is 5.69 Å². The molecule has 2 aromatic rings. The summed E-state index contributed by atoms with van der Waals surface area (Å²) in [5, 5.41) is 3.71. The van der Waals surface area contributed by atoms with Gasteiger partial charge in [0.05, 0.1) is 5.02 Å². The lowest BCUT2D eigenvalue weighted by atomic mass is 10.3. The van der Waals surface area contributed by atoms with Gasteiger partial charge in [0.1, 0.15) is 10.8 Å². The first-order valence-electron chi connectivity index (χ1n) is 5.94. The number of aromatic nitrogens is 2. The van der Waals surface area contributed by atoms with Crippen molar-refractivity contribution in [2.24, 2.45) is 0 Å². The number of pyridine rings is 1. The van der Waals surface area contributed by atoms with Crippen molar-refractivity contribution < 1.29 is 4.79 Å². The highest BCUT2D eigenvalue weighted by molar-refractivity contribution is 6.31. The fraction of sp³-hybridized carbons (Fsp3) is 0.231. The molecule has 1 fully saturated rings. The van der Waals surface area contributed by atoms with Crippen molar-refractivity contribution in [2.75, 3.05) is 5.32 Å². The summed E-state index contributed by atoms with van der Waals surface area (Å²) < 4.78 is 1.93. The van der Waals surface area contributed by atoms with Gasteiger partial charge in [0.15, 0.2) is 0 Å². The Bertz CT molecular complexity index is 635. The molecule has 0 atom stereocenters. The summed E-state index contributed by atoms with van der Waals surface area (Å²) in [5.74, 6) is -0.193. The summed E-state index contributed by atoms with van der Waals surface area (Å²) >= 11 is 11.8. The molecule has 1 saturated carbocycles. The number of hydrogen-bond acceptors (Lipinski definition) is 2. The molecule has 3 rings (SSSR count). The molecule has 19 heavy (non-hydrogen) atoms. The SMILES string of the molecule is O=C(Nc1ccnc(Cl)c1)c1cc(Cl)cn1C1CC1. The molecule has 2 aromatic heterocycles. The average molecular weight is 296 g/mol. The zero-order chi connectivity index (χ0) is 13.4. The minimum atomic E-state index is -0.193. The zero-order valence-corrected chi connectivity index (χ0v) is 11.4. The van der Waals surface area contributed by atoms with Gasteiger partial charge in [0.2, 0.25) is 0 Å². The van der Waals surface area contributed by atoms with Gasteiger partial charge in [-0.2, -0.15) is 0 Å². The molecule has 0 saturated heterocycles. The third-order valence-corrected chi connectivity index (χ3v) is 3.39. The standard InChI is InChI=1S/C13H11Cl2N3O/c14-8-5-11(18(7-8)10-1-2-10)13(19)17-9-3-4-16-12(15)6-9/h3-7,10H,1-2H2,(H,16,17,19). The van der Waals surface area contributed by atoms with E-state index in [0.29, 0.717) is 27.6 Å². The molecular formula is C13H11Cl2N3O. The van der Waals surface area contributed by atoms with Crippen LogP contribution in [0.1, 0.15) is 29.4 Å². The molecule has 0 unspecified atom stereocenters. The van der Waals surface area contributed by atoms with Gasteiger partial charge < -0.3 is 9.88 Å². The lowest BCUT2D eigenvalue weighted by Gasteiger charge is -2.08. The molecule has 1 aliphatic carbocycles. The van der Waals surface area contributed by atoms with Crippen LogP contribution in [0.5, 0.6) is 0 Å². The van der Waals surface area contributed by atoms with Gasteiger partial charge in [0, 0.05) is 24.1 Å². The third kappa shape index (κ3) is 2.74. The van der Waals surface area contributed by atoms with Crippen LogP contribution in [-0.2, 0) is 0 Å². The summed E-state index contributed by atoms with van der Waals surface area (Å²) in [4.78, 5) is 16.1. The predicted molar refractivity (Wildman–Crippen MR) is 74.9 cm³/mol. The topological polar surface area (TPSA) is 46.9 Å². The van der Waals surface area contributed by atoms with Gasteiger partial charge in [-0.3, -0.25) is 4.79 Å². The van der Waals surface area contributed by atoms with Gasteiger partial charge in [-0.25, -0.2) is 4.98 Å². The zero-order valence-electron chi connectivity index (χ0n) is 9.94. The van der Waals surface area contributed by atoms with Gasteiger partial charge >= 0.3 is 0 Å². The second kappa shape index (κ2) is 4.87. The molecule has 1 amide bonds. The van der Waals surface area contributed by atoms with Gasteiger partial charge in [-0.15, -0.1) is 0 Å². The summed E-state index contributed by atoms with van der Waals surface area (Å²) in [6.45, 7) is 0. The van der Waals surface area contributed by atoms with Crippen LogP contribution in [-0.4, -0.2) is 15.5 Å². The van der Waals surface area contributed by atoms with E-state index in [0.717, 1.165) is 12.8 Å². The molecule has 0 aliphatic heterocycles. The Morgan fingerprint density at radius 2 is 2.16 bits per heavy atom. The average Bonchev–Trinajstić information content (AvgIpc) is 3.12. The van der Waals surface area contributed by atoms with Crippen molar-refractivity contribution in [3.8, 4) is 0 Å². The van der Waals surface area contributed by atoms with Crippen molar-refractivity contribution in [3.63, 3.8) is 0 Å². The van der Waals surface area contributed by atoms with Crippen molar-refractivity contribution in [2.45, 2.75) is 18.9 Å². The Balaban J connectivity index is 1.84. The number of carbonyl (C=O) groups excluding carboxylic acids is 1. The van der Waals surface area contributed by atoms with E-state index in [2.05, 4.69) is 10.3 Å². The van der Waals surface area contributed by atoms with Crippen molar-refractivity contribution in [3.05, 3.63) is 46.5 Å². The molecule has 6 heteroatoms. The number of nitrogens with zero attached hydrogens (tertiary/aromatic N) is 2. The Hall–Kier alpha value is -1.52. The van der Waals surface area contributed by atoms with E-state index in [1.165, 1.54) is 0 Å². The maximum Gasteiger partial charge on any atom is 0.272 e. The molecule has 1 aliphatic rings. The normalized spacial score (nSPS) is 14.4. The Morgan fingerprint density at radius 3 is 2.84 bits per heavy atom. The fourth-order valence-corrected chi connectivity index (χ4v) is 2.34. The maximum absolute atomic E-state index is 12.2. The maximum atomic E-state index is 12.2. The first-order chi connectivity index (χ1) is 9.13. The highest BCUT2D eigenvalue weighted by Gasteiger charge is 2.27. The summed E-state index contributed by atoms with van der Waals surface area (Å²) in [5.41, 5.74) is 1.19. The van der Waals surface area contributed by atoms with Crippen LogP contribution in [0.3, 0.4) is 0 Å². The van der Waals surface area contributed by atoms with Crippen LogP contribution >= 0.6 is 23.2 Å². The second-order valence-electron chi connectivity index (χ2n) is 4.50. The monoisotopic (exact) mass is 295 g/mol. The van der Waals surface area contributed by atoms with Crippen LogP contribution in [0, 0.1) is 0 Å². The Morgan fingerprint density at radius 1 is 1.37 bits per heavy atom. The molecule has 0 bridgehead atoms. The largest absolute Gasteiger partial charge is 0.339 e. The number of rotatable bonds is 3. The predicted octanol–water partition coefficient (Wildman–Crippen LogP) is 3.78. The molecule has 0 spiro atoms. The molecular weight excluding hydrogens is 285 g/mol. The van der Waals surface area contributed by atoms with Crippen LogP contribution in [0.15, 0.2) is 30.6 Å². The van der Waals surface area contributed by atoms with Crippen molar-refractivity contribution in [1.29, 1.82) is 0 Å². The number of hydrogen-bond donors (Lipinski definition) is 1. The van der Waals surface area contributed by atoms with E-state index in [4.69, 9.17) is 23.2 Å². The number of halogens is 2. The van der Waals surface area contributed by atoms with E-state index >= 15 is 0 Å². The molecule has 0 radical (unpaired) electrons. The van der Waals surface area contributed by atoms with Crippen LogP contribution in [0.25, 0.3) is 0 Å². The minimum absolute atomic E-state index is 0.193. The summed E-state index contributed by atoms with van der Waals surface area (Å²) in [7, 11) is 0. The smallest absolute Gasteiger partial charge is 0.272 e. The van der Waals surface area contributed by atoms with Crippen molar-refractivity contribution >= 4 is 34.8 Å². The number of amides is 1. The first-order valence-corrected chi connectivity index (χ1v) is 6.69. The van der Waals surface area contributed by atoms with E-state index in [1.54, 1.807) is 30.6 Å². The van der Waals surface area contributed by atoms with E-state index in [-0.39, 0.29) is 5.91 Å². The number of carbonyl (C=O) groups is 1. The lowest BCUT2D eigenvalue weighted by Crippen LogP contribution is -2.16. The van der Waals surface area contributed by atoms with Gasteiger partial charge in [-0.05, 0) is 31.0 Å². The Labute approximate surface area is 120 Å². The molecule has 4 nitrogen and oxygen atoms in total. The fourth-order valence-electron chi connectivity index (χ4n) is 1.96. The Kier molecular flexibility index (Phi) is 3.21. The highest BCUT2D eigenvalue weighted by Crippen LogP contribution is 2.37. The minimum Gasteiger partial charge on any atom is -0.339 e. The molecule has 0 aromatic carbocycles. The van der Waals surface area contributed by atoms with E-state index in [1.807, 2.05) is 4.57 Å². The van der Waals surface area contributed by atoms with Gasteiger partial charge in [0.25, 0.3) is 5.91 Å². The van der Waals surface area contributed by atoms with Crippen LogP contribution in [0.2, 0.25) is 10.2 Å². The van der Waals surface area contributed by atoms with E-state index in [9.17, 15) is 4.79 Å². The van der Waals surface area contributed by atoms with Gasteiger partial charge in [-0.1, -0.05) is 23.2 Å². The molecule has 2 heterocycles. The quantitative estimate of drug-likeness (QED) is 0.876. The third-order valence-electron chi connectivity index (χ3n) is 2.97. The molecule has 98 valence electrons. The summed E-state index contributed by atoms with van der Waals surface area (Å²) in [6.07, 6.45) is 5.53. The number of anilines is 1. The van der Waals surface area contributed by atoms with E-state index < -0.39 is 0 Å². The molecule has 1 N–H and O–H groups in total. The van der Waals surface area contributed by atoms with Crippen LogP contribution < -0.4 is 5.32 Å². The lowest BCUT2D eigenvalue weighted by molar-refractivity contribution is 0.101. The second-order valence-corrected chi connectivity index (χ2v) is 5.33. The highest BCUT2D eigenvalue weighted by atomic mass is 35.5.